The van der Waals surface area contributed by atoms with E-state index in [0.717, 1.165) is 0 Å². The monoisotopic (exact) mass is 462 g/mol. The summed E-state index contributed by atoms with van der Waals surface area (Å²) in [5.74, 6) is 0. The van der Waals surface area contributed by atoms with Crippen LogP contribution in [0.15, 0.2) is 103 Å². The molecule has 2 nitrogen and oxygen atoms in total. The molecule has 2 aromatic heterocycles. The van der Waals surface area contributed by atoms with Gasteiger partial charge in [-0.25, -0.2) is 0 Å². The van der Waals surface area contributed by atoms with Crippen LogP contribution in [0.2, 0.25) is 0 Å². The topological polar surface area (TPSA) is 9.86 Å². The summed E-state index contributed by atoms with van der Waals surface area (Å²) in [6.45, 7) is 4.84. The summed E-state index contributed by atoms with van der Waals surface area (Å²) in [5.41, 5.74) is 11.8. The van der Waals surface area contributed by atoms with Crippen molar-refractivity contribution in [2.24, 2.45) is 7.05 Å². The van der Waals surface area contributed by atoms with Crippen molar-refractivity contribution in [3.63, 3.8) is 0 Å². The molecule has 1 aliphatic rings. The molecule has 0 aliphatic heterocycles. The van der Waals surface area contributed by atoms with Crippen molar-refractivity contribution in [1.82, 2.24) is 9.13 Å². The predicted octanol–water partition coefficient (Wildman–Crippen LogP) is 8.73. The maximum absolute atomic E-state index is 2.48. The van der Waals surface area contributed by atoms with Gasteiger partial charge < -0.3 is 9.13 Å². The Balaban J connectivity index is 1.57. The second kappa shape index (κ2) is 6.67. The van der Waals surface area contributed by atoms with E-state index in [1.807, 2.05) is 0 Å². The van der Waals surface area contributed by atoms with Crippen molar-refractivity contribution in [3.05, 3.63) is 114 Å². The molecule has 8 rings (SSSR count). The van der Waals surface area contributed by atoms with Crippen LogP contribution in [0, 0.1) is 0 Å². The molecule has 0 fully saturated rings. The molecule has 5 aromatic carbocycles. The zero-order chi connectivity index (χ0) is 24.2. The van der Waals surface area contributed by atoms with E-state index in [1.165, 1.54) is 71.6 Å². The Hall–Kier alpha value is -4.30. The molecule has 0 saturated heterocycles. The summed E-state index contributed by atoms with van der Waals surface area (Å²) in [5, 5.41) is 5.30. The highest BCUT2D eigenvalue weighted by Gasteiger charge is 2.40. The van der Waals surface area contributed by atoms with Crippen LogP contribution < -0.4 is 0 Å². The summed E-state index contributed by atoms with van der Waals surface area (Å²) in [6, 6.07) is 37.8. The normalized spacial score (nSPS) is 14.2. The molecule has 36 heavy (non-hydrogen) atoms. The number of hydrogen-bond acceptors (Lipinski definition) is 0. The molecular formula is C34H26N2. The molecule has 7 aromatic rings. The smallest absolute Gasteiger partial charge is 0.0588 e. The maximum Gasteiger partial charge on any atom is 0.0588 e. The van der Waals surface area contributed by atoms with Crippen molar-refractivity contribution >= 4 is 43.6 Å². The number of benzene rings is 5. The highest BCUT2D eigenvalue weighted by atomic mass is 15.0. The Morgan fingerprint density at radius 3 is 1.72 bits per heavy atom. The van der Waals surface area contributed by atoms with Gasteiger partial charge in [0.15, 0.2) is 0 Å². The summed E-state index contributed by atoms with van der Waals surface area (Å²) in [4.78, 5) is 0. The molecule has 172 valence electrons. The van der Waals surface area contributed by atoms with E-state index in [0.29, 0.717) is 0 Å². The Morgan fingerprint density at radius 1 is 0.500 bits per heavy atom. The average Bonchev–Trinajstić information content (AvgIpc) is 3.48. The molecule has 0 amide bonds. The number of nitrogens with zero attached hydrogens (tertiary/aromatic N) is 2. The van der Waals surface area contributed by atoms with Crippen molar-refractivity contribution in [3.8, 4) is 16.8 Å². The first kappa shape index (κ1) is 19.9. The van der Waals surface area contributed by atoms with Crippen LogP contribution in [0.5, 0.6) is 0 Å². The molecule has 0 radical (unpaired) electrons. The fraction of sp³-hybridized carbons (Fsp3) is 0.118. The van der Waals surface area contributed by atoms with Crippen LogP contribution in [0.3, 0.4) is 0 Å². The van der Waals surface area contributed by atoms with Crippen LogP contribution in [0.25, 0.3) is 60.4 Å². The molecule has 0 atom stereocenters. The first-order valence-electron chi connectivity index (χ1n) is 12.7. The molecule has 0 N–H and O–H groups in total. The SMILES string of the molecule is Cn1c2ccccc2c2ccc3c(c21)C(C)(C)c1c-3ccc2c3ccccc3n(-c3ccccc3)c12. The Bertz CT molecular complexity index is 2020. The average molecular weight is 463 g/mol. The molecule has 1 aliphatic carbocycles. The lowest BCUT2D eigenvalue weighted by Gasteiger charge is -2.25. The highest BCUT2D eigenvalue weighted by molar-refractivity contribution is 6.16. The van der Waals surface area contributed by atoms with E-state index in [1.54, 1.807) is 0 Å². The van der Waals surface area contributed by atoms with Gasteiger partial charge in [0.25, 0.3) is 0 Å². The zero-order valence-electron chi connectivity index (χ0n) is 20.7. The quantitative estimate of drug-likeness (QED) is 0.231. The third-order valence-electron chi connectivity index (χ3n) is 8.46. The fourth-order valence-corrected chi connectivity index (χ4v) is 7.01. The van der Waals surface area contributed by atoms with E-state index in [4.69, 9.17) is 0 Å². The minimum atomic E-state index is -0.160. The van der Waals surface area contributed by atoms with Crippen LogP contribution in [0.4, 0.5) is 0 Å². The number of aryl methyl sites for hydroxylation is 1. The fourth-order valence-electron chi connectivity index (χ4n) is 7.01. The van der Waals surface area contributed by atoms with E-state index < -0.39 is 0 Å². The van der Waals surface area contributed by atoms with E-state index in [2.05, 4.69) is 133 Å². The third-order valence-corrected chi connectivity index (χ3v) is 8.46. The number of fused-ring (bicyclic) bond motifs is 11. The molecule has 0 unspecified atom stereocenters. The number of rotatable bonds is 1. The predicted molar refractivity (Wildman–Crippen MR) is 152 cm³/mol. The molecule has 0 bridgehead atoms. The minimum Gasteiger partial charge on any atom is -0.343 e. The highest BCUT2D eigenvalue weighted by Crippen LogP contribution is 2.55. The van der Waals surface area contributed by atoms with Crippen molar-refractivity contribution in [2.45, 2.75) is 19.3 Å². The van der Waals surface area contributed by atoms with Crippen LogP contribution in [-0.2, 0) is 12.5 Å². The number of para-hydroxylation sites is 3. The van der Waals surface area contributed by atoms with Crippen molar-refractivity contribution in [2.75, 3.05) is 0 Å². The lowest BCUT2D eigenvalue weighted by atomic mass is 9.80. The van der Waals surface area contributed by atoms with Crippen LogP contribution in [-0.4, -0.2) is 9.13 Å². The van der Waals surface area contributed by atoms with E-state index >= 15 is 0 Å². The van der Waals surface area contributed by atoms with Crippen LogP contribution >= 0.6 is 0 Å². The van der Waals surface area contributed by atoms with Gasteiger partial charge in [0.05, 0.1) is 16.6 Å². The molecular weight excluding hydrogens is 436 g/mol. The standard InChI is InChI=1S/C34H26N2/c1-34(2)30-24(17-19-26-22-13-7-9-15-28(22)35(3)32(26)30)25-18-20-27-23-14-8-10-16-29(23)36(33(27)31(25)34)21-11-5-4-6-12-21/h4-20H,1-3H3. The summed E-state index contributed by atoms with van der Waals surface area (Å²) in [6.07, 6.45) is 0. The van der Waals surface area contributed by atoms with Gasteiger partial charge in [-0.3, -0.25) is 0 Å². The maximum atomic E-state index is 2.48. The van der Waals surface area contributed by atoms with Gasteiger partial charge in [-0.15, -0.1) is 0 Å². The van der Waals surface area contributed by atoms with Crippen LogP contribution in [0.1, 0.15) is 25.0 Å². The first-order valence-corrected chi connectivity index (χ1v) is 12.7. The van der Waals surface area contributed by atoms with Gasteiger partial charge in [-0.1, -0.05) is 92.7 Å². The molecule has 2 heteroatoms. The molecule has 0 saturated carbocycles. The Morgan fingerprint density at radius 2 is 1.03 bits per heavy atom. The molecule has 2 heterocycles. The van der Waals surface area contributed by atoms with Crippen molar-refractivity contribution < 1.29 is 0 Å². The Labute approximate surface area is 210 Å². The second-order valence-corrected chi connectivity index (χ2v) is 10.7. The zero-order valence-corrected chi connectivity index (χ0v) is 20.7. The molecule has 0 spiro atoms. The van der Waals surface area contributed by atoms with E-state index in [9.17, 15) is 0 Å². The Kier molecular flexibility index (Phi) is 3.70. The summed E-state index contributed by atoms with van der Waals surface area (Å²) < 4.78 is 4.89. The van der Waals surface area contributed by atoms with Gasteiger partial charge in [0.1, 0.15) is 0 Å². The first-order chi connectivity index (χ1) is 17.6. The summed E-state index contributed by atoms with van der Waals surface area (Å²) in [7, 11) is 2.22. The van der Waals surface area contributed by atoms with Gasteiger partial charge in [-0.05, 0) is 46.5 Å². The number of aromatic nitrogens is 2. The van der Waals surface area contributed by atoms with E-state index in [-0.39, 0.29) is 5.41 Å². The van der Waals surface area contributed by atoms with Gasteiger partial charge in [0, 0.05) is 45.2 Å². The van der Waals surface area contributed by atoms with Crippen molar-refractivity contribution in [1.29, 1.82) is 0 Å². The third kappa shape index (κ3) is 2.27. The lowest BCUT2D eigenvalue weighted by Crippen LogP contribution is -2.18. The second-order valence-electron chi connectivity index (χ2n) is 10.7. The largest absolute Gasteiger partial charge is 0.343 e. The van der Waals surface area contributed by atoms with Gasteiger partial charge in [-0.2, -0.15) is 0 Å². The van der Waals surface area contributed by atoms with Gasteiger partial charge >= 0.3 is 0 Å². The summed E-state index contributed by atoms with van der Waals surface area (Å²) >= 11 is 0. The minimum absolute atomic E-state index is 0.160. The van der Waals surface area contributed by atoms with Gasteiger partial charge in [0.2, 0.25) is 0 Å². The number of hydrogen-bond donors (Lipinski definition) is 0. The lowest BCUT2D eigenvalue weighted by molar-refractivity contribution is 0.666.